The van der Waals surface area contributed by atoms with Crippen molar-refractivity contribution in [3.8, 4) is 0 Å². The summed E-state index contributed by atoms with van der Waals surface area (Å²) >= 11 is 0. The molecule has 4 nitrogen and oxygen atoms in total. The van der Waals surface area contributed by atoms with Crippen molar-refractivity contribution in [1.29, 1.82) is 0 Å². The van der Waals surface area contributed by atoms with Gasteiger partial charge in [-0.15, -0.1) is 0 Å². The molecule has 2 aliphatic heterocycles. The lowest BCUT2D eigenvalue weighted by Crippen LogP contribution is -2.55. The van der Waals surface area contributed by atoms with E-state index in [1.807, 2.05) is 0 Å². The fourth-order valence-electron chi connectivity index (χ4n) is 3.38. The van der Waals surface area contributed by atoms with Crippen LogP contribution in [0.3, 0.4) is 0 Å². The van der Waals surface area contributed by atoms with E-state index in [-0.39, 0.29) is 11.6 Å². The maximum Gasteiger partial charge on any atom is 0.151 e. The molecule has 100 valence electrons. The molecule has 2 rings (SSSR count). The van der Waals surface area contributed by atoms with Crippen LogP contribution in [0.2, 0.25) is 0 Å². The third-order valence-electron chi connectivity index (χ3n) is 4.13. The molecule has 1 N–H and O–H groups in total. The Balaban J connectivity index is 2.21. The van der Waals surface area contributed by atoms with Crippen LogP contribution in [0.25, 0.3) is 0 Å². The lowest BCUT2D eigenvalue weighted by Gasteiger charge is -2.44. The molecule has 2 unspecified atom stereocenters. The van der Waals surface area contributed by atoms with Crippen molar-refractivity contribution in [2.24, 2.45) is 0 Å². The summed E-state index contributed by atoms with van der Waals surface area (Å²) in [6, 6.07) is 0.621. The standard InChI is InChI=1S/C12H24N2O2S/c1-10-8-13-6-5-12(2,3)14(10)11-4-7-17(15,16)9-11/h10-11,13H,4-9H2,1-3H3. The summed E-state index contributed by atoms with van der Waals surface area (Å²) in [7, 11) is -2.79. The first-order valence-corrected chi connectivity index (χ1v) is 8.33. The largest absolute Gasteiger partial charge is 0.315 e. The molecule has 0 saturated carbocycles. The van der Waals surface area contributed by atoms with E-state index in [4.69, 9.17) is 0 Å². The minimum atomic E-state index is -2.79. The summed E-state index contributed by atoms with van der Waals surface area (Å²) in [5, 5.41) is 3.44. The summed E-state index contributed by atoms with van der Waals surface area (Å²) in [5.74, 6) is 0.713. The molecule has 0 aromatic carbocycles. The molecular formula is C12H24N2O2S. The Morgan fingerprint density at radius 2 is 2.06 bits per heavy atom. The van der Waals surface area contributed by atoms with E-state index >= 15 is 0 Å². The first-order chi connectivity index (χ1) is 7.82. The highest BCUT2D eigenvalue weighted by molar-refractivity contribution is 7.91. The molecule has 2 atom stereocenters. The van der Waals surface area contributed by atoms with Crippen molar-refractivity contribution in [2.45, 2.75) is 51.2 Å². The number of nitrogens with zero attached hydrogens (tertiary/aromatic N) is 1. The summed E-state index contributed by atoms with van der Waals surface area (Å²) in [5.41, 5.74) is 0.0907. The van der Waals surface area contributed by atoms with Crippen LogP contribution in [-0.2, 0) is 9.84 Å². The number of hydrogen-bond acceptors (Lipinski definition) is 4. The number of rotatable bonds is 1. The van der Waals surface area contributed by atoms with E-state index in [9.17, 15) is 8.42 Å². The van der Waals surface area contributed by atoms with Crippen LogP contribution in [0.5, 0.6) is 0 Å². The maximum absolute atomic E-state index is 11.6. The molecule has 2 fully saturated rings. The summed E-state index contributed by atoms with van der Waals surface area (Å²) < 4.78 is 23.3. The van der Waals surface area contributed by atoms with Gasteiger partial charge in [0.2, 0.25) is 0 Å². The average Bonchev–Trinajstić information content (AvgIpc) is 2.46. The number of sulfone groups is 1. The van der Waals surface area contributed by atoms with Gasteiger partial charge >= 0.3 is 0 Å². The quantitative estimate of drug-likeness (QED) is 0.751. The van der Waals surface area contributed by atoms with Crippen molar-refractivity contribution >= 4 is 9.84 Å². The molecule has 0 aromatic rings. The zero-order valence-electron chi connectivity index (χ0n) is 11.1. The molecule has 0 aromatic heterocycles. The minimum Gasteiger partial charge on any atom is -0.315 e. The third-order valence-corrected chi connectivity index (χ3v) is 5.88. The van der Waals surface area contributed by atoms with Gasteiger partial charge < -0.3 is 5.32 Å². The van der Waals surface area contributed by atoms with E-state index in [1.54, 1.807) is 0 Å². The Kier molecular flexibility index (Phi) is 3.54. The second-order valence-corrected chi connectivity index (χ2v) is 8.31. The molecule has 17 heavy (non-hydrogen) atoms. The Hall–Kier alpha value is -0.130. The molecule has 2 heterocycles. The lowest BCUT2D eigenvalue weighted by atomic mass is 9.94. The van der Waals surface area contributed by atoms with E-state index in [1.165, 1.54) is 0 Å². The van der Waals surface area contributed by atoms with Gasteiger partial charge in [-0.25, -0.2) is 8.42 Å². The molecule has 0 spiro atoms. The van der Waals surface area contributed by atoms with Crippen LogP contribution >= 0.6 is 0 Å². The first kappa shape index (κ1) is 13.3. The smallest absolute Gasteiger partial charge is 0.151 e. The zero-order valence-corrected chi connectivity index (χ0v) is 11.9. The highest BCUT2D eigenvalue weighted by Crippen LogP contribution is 2.30. The topological polar surface area (TPSA) is 49.4 Å². The van der Waals surface area contributed by atoms with Gasteiger partial charge in [0.1, 0.15) is 0 Å². The van der Waals surface area contributed by atoms with E-state index in [2.05, 4.69) is 31.0 Å². The molecule has 2 saturated heterocycles. The van der Waals surface area contributed by atoms with E-state index in [0.717, 1.165) is 25.9 Å². The highest BCUT2D eigenvalue weighted by atomic mass is 32.2. The van der Waals surface area contributed by atoms with Crippen molar-refractivity contribution in [3.05, 3.63) is 0 Å². The predicted molar refractivity (Wildman–Crippen MR) is 69.9 cm³/mol. The van der Waals surface area contributed by atoms with Crippen LogP contribution in [0.1, 0.15) is 33.6 Å². The van der Waals surface area contributed by atoms with Crippen LogP contribution in [0, 0.1) is 0 Å². The molecule has 0 radical (unpaired) electrons. The van der Waals surface area contributed by atoms with Crippen LogP contribution in [0.4, 0.5) is 0 Å². The minimum absolute atomic E-state index is 0.0907. The second-order valence-electron chi connectivity index (χ2n) is 6.08. The molecule has 2 aliphatic rings. The average molecular weight is 260 g/mol. The first-order valence-electron chi connectivity index (χ1n) is 6.51. The van der Waals surface area contributed by atoms with E-state index in [0.29, 0.717) is 17.5 Å². The fourth-order valence-corrected chi connectivity index (χ4v) is 5.09. The van der Waals surface area contributed by atoms with Gasteiger partial charge in [-0.2, -0.15) is 0 Å². The third kappa shape index (κ3) is 2.83. The number of hydrogen-bond donors (Lipinski definition) is 1. The van der Waals surface area contributed by atoms with Gasteiger partial charge in [-0.05, 0) is 40.2 Å². The summed E-state index contributed by atoms with van der Waals surface area (Å²) in [6.07, 6.45) is 1.88. The van der Waals surface area contributed by atoms with Gasteiger partial charge in [-0.3, -0.25) is 4.90 Å². The van der Waals surface area contributed by atoms with Crippen molar-refractivity contribution in [2.75, 3.05) is 24.6 Å². The van der Waals surface area contributed by atoms with Gasteiger partial charge in [0, 0.05) is 24.2 Å². The molecule has 0 amide bonds. The Morgan fingerprint density at radius 1 is 1.35 bits per heavy atom. The molecule has 0 aliphatic carbocycles. The Morgan fingerprint density at radius 3 is 2.65 bits per heavy atom. The second kappa shape index (κ2) is 4.52. The summed E-state index contributed by atoms with van der Waals surface area (Å²) in [6.45, 7) is 8.65. The highest BCUT2D eigenvalue weighted by Gasteiger charge is 2.41. The van der Waals surface area contributed by atoms with Crippen LogP contribution < -0.4 is 5.32 Å². The zero-order chi connectivity index (χ0) is 12.7. The van der Waals surface area contributed by atoms with Crippen LogP contribution in [-0.4, -0.2) is 55.5 Å². The predicted octanol–water partition coefficient (Wildman–Crippen LogP) is 0.636. The normalized spacial score (nSPS) is 37.8. The Labute approximate surface area is 105 Å². The van der Waals surface area contributed by atoms with Gasteiger partial charge in [0.25, 0.3) is 0 Å². The maximum atomic E-state index is 11.6. The fraction of sp³-hybridized carbons (Fsp3) is 1.00. The van der Waals surface area contributed by atoms with Crippen molar-refractivity contribution in [1.82, 2.24) is 10.2 Å². The van der Waals surface area contributed by atoms with E-state index < -0.39 is 9.84 Å². The monoisotopic (exact) mass is 260 g/mol. The van der Waals surface area contributed by atoms with Crippen molar-refractivity contribution < 1.29 is 8.42 Å². The molecule has 5 heteroatoms. The number of nitrogens with one attached hydrogen (secondary N) is 1. The lowest BCUT2D eigenvalue weighted by molar-refractivity contribution is 0.0477. The van der Waals surface area contributed by atoms with Crippen LogP contribution in [0.15, 0.2) is 0 Å². The van der Waals surface area contributed by atoms with Crippen molar-refractivity contribution in [3.63, 3.8) is 0 Å². The molecular weight excluding hydrogens is 236 g/mol. The van der Waals surface area contributed by atoms with Gasteiger partial charge in [0.05, 0.1) is 11.5 Å². The SMILES string of the molecule is CC1CNCCC(C)(C)N1C1CCS(=O)(=O)C1. The van der Waals surface area contributed by atoms with Gasteiger partial charge in [-0.1, -0.05) is 0 Å². The molecule has 0 bridgehead atoms. The van der Waals surface area contributed by atoms with Gasteiger partial charge in [0.15, 0.2) is 9.84 Å². The Bertz CT molecular complexity index is 378. The summed E-state index contributed by atoms with van der Waals surface area (Å²) in [4.78, 5) is 2.44.